The number of nitrogens with zero attached hydrogens (tertiary/aromatic N) is 1. The predicted molar refractivity (Wildman–Crippen MR) is 92.6 cm³/mol. The Balaban J connectivity index is 1.39. The Kier molecular flexibility index (Phi) is 3.85. The van der Waals surface area contributed by atoms with Gasteiger partial charge in [-0.1, -0.05) is 30.4 Å². The number of anilines is 1. The number of nitrogens with one attached hydrogen (secondary N) is 1. The first-order valence-corrected chi connectivity index (χ1v) is 9.21. The van der Waals surface area contributed by atoms with Gasteiger partial charge in [-0.05, 0) is 49.7 Å². The Morgan fingerprint density at radius 3 is 2.96 bits per heavy atom. The fourth-order valence-corrected chi connectivity index (χ4v) is 4.49. The van der Waals surface area contributed by atoms with Crippen LogP contribution in [0.4, 0.5) is 5.13 Å². The van der Waals surface area contributed by atoms with Gasteiger partial charge in [0.05, 0.1) is 10.2 Å². The summed E-state index contributed by atoms with van der Waals surface area (Å²) in [4.78, 5) is 17.2. The molecule has 5 heteroatoms. The van der Waals surface area contributed by atoms with Crippen molar-refractivity contribution < 1.29 is 9.53 Å². The summed E-state index contributed by atoms with van der Waals surface area (Å²) in [6, 6.07) is 7.99. The summed E-state index contributed by atoms with van der Waals surface area (Å²) < 4.78 is 6.54. The summed E-state index contributed by atoms with van der Waals surface area (Å²) in [7, 11) is 0. The summed E-state index contributed by atoms with van der Waals surface area (Å²) in [5, 5.41) is 3.76. The number of ether oxygens (including phenoxy) is 1. The highest BCUT2D eigenvalue weighted by atomic mass is 32.1. The highest BCUT2D eigenvalue weighted by Gasteiger charge is 2.56. The first-order chi connectivity index (χ1) is 11.1. The topological polar surface area (TPSA) is 51.2 Å². The second kappa shape index (κ2) is 5.87. The molecule has 1 aromatic heterocycles. The monoisotopic (exact) mass is 330 g/mol. The van der Waals surface area contributed by atoms with E-state index in [1.165, 1.54) is 0 Å². The van der Waals surface area contributed by atoms with E-state index in [4.69, 9.17) is 4.74 Å². The summed E-state index contributed by atoms with van der Waals surface area (Å²) in [6.45, 7) is 3.86. The van der Waals surface area contributed by atoms with Crippen LogP contribution in [0.25, 0.3) is 10.2 Å². The minimum absolute atomic E-state index is 0.133. The number of para-hydroxylation sites is 1. The van der Waals surface area contributed by atoms with Crippen molar-refractivity contribution in [2.75, 3.05) is 18.5 Å². The molecule has 1 aliphatic carbocycles. The first-order valence-electron chi connectivity index (χ1n) is 8.40. The van der Waals surface area contributed by atoms with E-state index in [0.29, 0.717) is 11.0 Å². The van der Waals surface area contributed by atoms with Gasteiger partial charge in [-0.2, -0.15) is 0 Å². The minimum atomic E-state index is -0.212. The molecule has 2 unspecified atom stereocenters. The number of hydrogen-bond acceptors (Lipinski definition) is 4. The molecular weight excluding hydrogens is 308 g/mol. The van der Waals surface area contributed by atoms with E-state index < -0.39 is 0 Å². The number of carbonyl (C=O) groups is 1. The largest absolute Gasteiger partial charge is 0.381 e. The fraction of sp³-hybridized carbons (Fsp3) is 0.556. The lowest BCUT2D eigenvalue weighted by atomic mass is 9.91. The highest BCUT2D eigenvalue weighted by molar-refractivity contribution is 7.22. The summed E-state index contributed by atoms with van der Waals surface area (Å²) in [5.74, 6) is 1.37. The minimum Gasteiger partial charge on any atom is -0.381 e. The Bertz CT molecular complexity index is 690. The van der Waals surface area contributed by atoms with Gasteiger partial charge in [0.2, 0.25) is 5.91 Å². The molecule has 2 atom stereocenters. The van der Waals surface area contributed by atoms with Gasteiger partial charge < -0.3 is 10.1 Å². The zero-order chi connectivity index (χ0) is 15.9. The maximum absolute atomic E-state index is 12.7. The van der Waals surface area contributed by atoms with Crippen molar-refractivity contribution in [2.24, 2.45) is 17.3 Å². The molecule has 1 saturated heterocycles. The molecular formula is C18H22N2O2S. The molecule has 1 aromatic carbocycles. The molecule has 2 heterocycles. The highest BCUT2D eigenvalue weighted by Crippen LogP contribution is 2.56. The molecule has 1 N–H and O–H groups in total. The predicted octanol–water partition coefficient (Wildman–Crippen LogP) is 4.08. The number of benzene rings is 1. The third-order valence-electron chi connectivity index (χ3n) is 5.40. The van der Waals surface area contributed by atoms with E-state index in [9.17, 15) is 4.79 Å². The molecule has 0 spiro atoms. The number of aromatic nitrogens is 1. The second-order valence-corrected chi connectivity index (χ2v) is 8.08. The van der Waals surface area contributed by atoms with E-state index in [1.807, 2.05) is 24.3 Å². The molecule has 0 radical (unpaired) electrons. The van der Waals surface area contributed by atoms with Crippen molar-refractivity contribution in [3.63, 3.8) is 0 Å². The van der Waals surface area contributed by atoms with Crippen LogP contribution in [-0.2, 0) is 9.53 Å². The standard InChI is InChI=1S/C18H22N2O2S/c1-18(11-13(18)10-12-6-8-22-9-7-12)16(21)20-17-19-14-4-2-3-5-15(14)23-17/h2-5,12-13H,6-11H2,1H3,(H,19,20,21). The second-order valence-electron chi connectivity index (χ2n) is 7.05. The lowest BCUT2D eigenvalue weighted by molar-refractivity contribution is -0.121. The van der Waals surface area contributed by atoms with Gasteiger partial charge in [0.25, 0.3) is 0 Å². The number of carbonyl (C=O) groups excluding carboxylic acids is 1. The molecule has 4 nitrogen and oxygen atoms in total. The van der Waals surface area contributed by atoms with E-state index in [-0.39, 0.29) is 11.3 Å². The number of rotatable bonds is 4. The molecule has 122 valence electrons. The number of fused-ring (bicyclic) bond motifs is 1. The average Bonchev–Trinajstić information content (AvgIpc) is 3.04. The molecule has 1 amide bonds. The molecule has 4 rings (SSSR count). The molecule has 23 heavy (non-hydrogen) atoms. The smallest absolute Gasteiger partial charge is 0.232 e. The summed E-state index contributed by atoms with van der Waals surface area (Å²) in [6.07, 6.45) is 4.45. The first kappa shape index (κ1) is 15.1. The molecule has 2 aliphatic rings. The van der Waals surface area contributed by atoms with Gasteiger partial charge in [-0.25, -0.2) is 4.98 Å². The number of hydrogen-bond donors (Lipinski definition) is 1. The maximum atomic E-state index is 12.7. The van der Waals surface area contributed by atoms with Crippen LogP contribution in [0.1, 0.15) is 32.6 Å². The van der Waals surface area contributed by atoms with Crippen LogP contribution in [0, 0.1) is 17.3 Å². The van der Waals surface area contributed by atoms with Gasteiger partial charge in [0, 0.05) is 18.6 Å². The molecule has 2 aromatic rings. The van der Waals surface area contributed by atoms with E-state index in [2.05, 4.69) is 17.2 Å². The Morgan fingerprint density at radius 2 is 2.17 bits per heavy atom. The summed E-state index contributed by atoms with van der Waals surface area (Å²) >= 11 is 1.55. The van der Waals surface area contributed by atoms with Crippen molar-refractivity contribution in [2.45, 2.75) is 32.6 Å². The quantitative estimate of drug-likeness (QED) is 0.919. The van der Waals surface area contributed by atoms with E-state index in [1.54, 1.807) is 11.3 Å². The Morgan fingerprint density at radius 1 is 1.39 bits per heavy atom. The molecule has 1 aliphatic heterocycles. The lowest BCUT2D eigenvalue weighted by Crippen LogP contribution is -2.24. The number of thiazole rings is 1. The average molecular weight is 330 g/mol. The van der Waals surface area contributed by atoms with Gasteiger partial charge in [-0.3, -0.25) is 4.79 Å². The maximum Gasteiger partial charge on any atom is 0.232 e. The van der Waals surface area contributed by atoms with Crippen LogP contribution >= 0.6 is 11.3 Å². The van der Waals surface area contributed by atoms with Crippen molar-refractivity contribution in [1.82, 2.24) is 4.98 Å². The normalized spacial score (nSPS) is 28.0. The van der Waals surface area contributed by atoms with E-state index in [0.717, 1.165) is 55.0 Å². The Labute approximate surface area is 140 Å². The molecule has 0 bridgehead atoms. The van der Waals surface area contributed by atoms with Gasteiger partial charge in [0.15, 0.2) is 5.13 Å². The van der Waals surface area contributed by atoms with Crippen molar-refractivity contribution in [3.05, 3.63) is 24.3 Å². The van der Waals surface area contributed by atoms with Crippen LogP contribution < -0.4 is 5.32 Å². The fourth-order valence-electron chi connectivity index (χ4n) is 3.62. The van der Waals surface area contributed by atoms with Crippen LogP contribution in [0.3, 0.4) is 0 Å². The van der Waals surface area contributed by atoms with Crippen LogP contribution in [0.15, 0.2) is 24.3 Å². The third kappa shape index (κ3) is 3.00. The zero-order valence-corrected chi connectivity index (χ0v) is 14.2. The van der Waals surface area contributed by atoms with Crippen molar-refractivity contribution in [3.8, 4) is 0 Å². The van der Waals surface area contributed by atoms with Crippen molar-refractivity contribution in [1.29, 1.82) is 0 Å². The molecule has 2 fully saturated rings. The van der Waals surface area contributed by atoms with Gasteiger partial charge >= 0.3 is 0 Å². The van der Waals surface area contributed by atoms with Crippen molar-refractivity contribution >= 4 is 32.6 Å². The van der Waals surface area contributed by atoms with E-state index >= 15 is 0 Å². The van der Waals surface area contributed by atoms with Crippen LogP contribution in [-0.4, -0.2) is 24.1 Å². The van der Waals surface area contributed by atoms with Crippen LogP contribution in [0.2, 0.25) is 0 Å². The lowest BCUT2D eigenvalue weighted by Gasteiger charge is -2.22. The number of amides is 1. The molecule has 1 saturated carbocycles. The summed E-state index contributed by atoms with van der Waals surface area (Å²) in [5.41, 5.74) is 0.739. The van der Waals surface area contributed by atoms with Gasteiger partial charge in [-0.15, -0.1) is 0 Å². The van der Waals surface area contributed by atoms with Gasteiger partial charge in [0.1, 0.15) is 0 Å². The van der Waals surface area contributed by atoms with Crippen LogP contribution in [0.5, 0.6) is 0 Å². The Hall–Kier alpha value is -1.46. The SMILES string of the molecule is CC1(C(=O)Nc2nc3ccccc3s2)CC1CC1CCOCC1. The zero-order valence-electron chi connectivity index (χ0n) is 13.4. The third-order valence-corrected chi connectivity index (χ3v) is 6.35.